The molecule has 0 radical (unpaired) electrons. The van der Waals surface area contributed by atoms with Crippen LogP contribution in [0, 0.1) is 24.8 Å². The molecule has 196 valence electrons. The van der Waals surface area contributed by atoms with E-state index in [-0.39, 0.29) is 28.0 Å². The van der Waals surface area contributed by atoms with Gasteiger partial charge in [0.2, 0.25) is 5.69 Å². The van der Waals surface area contributed by atoms with Crippen LogP contribution in [0.25, 0.3) is 10.9 Å². The fourth-order valence-electron chi connectivity index (χ4n) is 3.38. The molecule has 1 aliphatic heterocycles. The SMILES string of the molecule is [C-]#[N+]c1c(C)c(C=CC=C2C(=O)N(CCS(=O)(=O)O)C(=O)C(C#N)=C2C)c(=O)n(CCS(=O)(=O)O)c1O. The van der Waals surface area contributed by atoms with Crippen LogP contribution in [0.5, 0.6) is 5.88 Å². The predicted molar refractivity (Wildman–Crippen MR) is 128 cm³/mol. The van der Waals surface area contributed by atoms with Crippen molar-refractivity contribution in [2.24, 2.45) is 0 Å². The summed E-state index contributed by atoms with van der Waals surface area (Å²) >= 11 is 0. The van der Waals surface area contributed by atoms with Crippen LogP contribution in [0.3, 0.4) is 0 Å². The lowest BCUT2D eigenvalue weighted by atomic mass is 9.95. The van der Waals surface area contributed by atoms with E-state index in [1.54, 1.807) is 6.07 Å². The van der Waals surface area contributed by atoms with E-state index in [1.165, 1.54) is 19.9 Å². The van der Waals surface area contributed by atoms with Gasteiger partial charge in [-0.1, -0.05) is 12.2 Å². The molecule has 1 aromatic heterocycles. The fourth-order valence-corrected chi connectivity index (χ4v) is 4.20. The minimum absolute atomic E-state index is 0.0277. The molecule has 16 heteroatoms. The molecule has 14 nitrogen and oxygen atoms in total. The maximum absolute atomic E-state index is 12.9. The average molecular weight is 553 g/mol. The van der Waals surface area contributed by atoms with E-state index in [0.29, 0.717) is 9.47 Å². The van der Waals surface area contributed by atoms with Crippen molar-refractivity contribution >= 4 is 43.8 Å². The highest BCUT2D eigenvalue weighted by molar-refractivity contribution is 7.86. The van der Waals surface area contributed by atoms with Gasteiger partial charge in [0.15, 0.2) is 5.88 Å². The number of rotatable bonds is 8. The van der Waals surface area contributed by atoms with Crippen LogP contribution < -0.4 is 5.56 Å². The molecule has 0 aliphatic carbocycles. The van der Waals surface area contributed by atoms with Crippen LogP contribution in [0.4, 0.5) is 5.69 Å². The number of imide groups is 1. The van der Waals surface area contributed by atoms with E-state index in [1.807, 2.05) is 0 Å². The van der Waals surface area contributed by atoms with Gasteiger partial charge in [-0.2, -0.15) is 22.1 Å². The monoisotopic (exact) mass is 552 g/mol. The summed E-state index contributed by atoms with van der Waals surface area (Å²) in [5.74, 6) is -4.70. The van der Waals surface area contributed by atoms with E-state index in [4.69, 9.17) is 15.7 Å². The maximum atomic E-state index is 12.9. The number of aromatic hydroxyl groups is 1. The Morgan fingerprint density at radius 2 is 1.59 bits per heavy atom. The van der Waals surface area contributed by atoms with Gasteiger partial charge >= 0.3 is 0 Å². The molecule has 37 heavy (non-hydrogen) atoms. The molecule has 1 aromatic rings. The van der Waals surface area contributed by atoms with Crippen LogP contribution in [0.1, 0.15) is 18.1 Å². The van der Waals surface area contributed by atoms with Gasteiger partial charge in [-0.25, -0.2) is 4.85 Å². The van der Waals surface area contributed by atoms with Crippen LogP contribution in [-0.4, -0.2) is 70.4 Å². The Morgan fingerprint density at radius 1 is 1.03 bits per heavy atom. The number of nitriles is 1. The Hall–Kier alpha value is -4.09. The number of hydrogen-bond donors (Lipinski definition) is 3. The van der Waals surface area contributed by atoms with Crippen LogP contribution in [-0.2, 0) is 36.4 Å². The molecule has 0 fully saturated rings. The van der Waals surface area contributed by atoms with E-state index in [9.17, 15) is 41.6 Å². The highest BCUT2D eigenvalue weighted by Gasteiger charge is 2.35. The molecule has 2 rings (SSSR count). The van der Waals surface area contributed by atoms with Crippen molar-refractivity contribution in [1.82, 2.24) is 9.47 Å². The number of hydrogen-bond acceptors (Lipinski definition) is 9. The molecule has 0 aromatic carbocycles. The molecule has 1 aliphatic rings. The summed E-state index contributed by atoms with van der Waals surface area (Å²) in [6, 6.07) is 1.64. The second-order valence-electron chi connectivity index (χ2n) is 7.66. The average Bonchev–Trinajstić information content (AvgIpc) is 2.77. The first-order valence-corrected chi connectivity index (χ1v) is 13.4. The topological polar surface area (TPSA) is 216 Å². The minimum atomic E-state index is -4.53. The quantitative estimate of drug-likeness (QED) is 0.173. The Balaban J connectivity index is 2.61. The van der Waals surface area contributed by atoms with Crippen molar-refractivity contribution < 1.29 is 40.6 Å². The van der Waals surface area contributed by atoms with Gasteiger partial charge < -0.3 is 5.11 Å². The molecular weight excluding hydrogens is 532 g/mol. The summed E-state index contributed by atoms with van der Waals surface area (Å²) in [6.45, 7) is 8.53. The summed E-state index contributed by atoms with van der Waals surface area (Å²) in [7, 11) is -9.03. The highest BCUT2D eigenvalue weighted by Crippen LogP contribution is 2.31. The summed E-state index contributed by atoms with van der Waals surface area (Å²) in [5, 5.41) is 19.6. The first-order chi connectivity index (χ1) is 17.0. The normalized spacial score (nSPS) is 15.9. The van der Waals surface area contributed by atoms with Crippen molar-refractivity contribution in [3.8, 4) is 11.9 Å². The number of allylic oxidation sites excluding steroid dienone is 2. The van der Waals surface area contributed by atoms with E-state index in [2.05, 4.69) is 4.85 Å². The molecule has 3 N–H and O–H groups in total. The molecule has 0 spiro atoms. The second-order valence-corrected chi connectivity index (χ2v) is 10.8. The van der Waals surface area contributed by atoms with Gasteiger partial charge in [0.25, 0.3) is 37.6 Å². The summed E-state index contributed by atoms with van der Waals surface area (Å²) in [4.78, 5) is 41.8. The molecule has 2 amide bonds. The van der Waals surface area contributed by atoms with Crippen molar-refractivity contribution in [1.29, 1.82) is 5.26 Å². The number of aromatic nitrogens is 1. The number of nitrogens with zero attached hydrogens (tertiary/aromatic N) is 4. The first kappa shape index (κ1) is 29.1. The largest absolute Gasteiger partial charge is 0.503 e. The lowest BCUT2D eigenvalue weighted by molar-refractivity contribution is -0.140. The van der Waals surface area contributed by atoms with E-state index in [0.717, 1.165) is 12.2 Å². The van der Waals surface area contributed by atoms with E-state index >= 15 is 0 Å². The Labute approximate surface area is 211 Å². The standard InChI is InChI=1S/C21H20N4O10S2/c1-12-14(18(26)24(7-9-36(30,31)32)20(28)16(12)11-22)5-4-6-15-13(2)17(23-3)21(29)25(19(15)27)8-10-37(33,34)35/h4-6,29H,7-10H2,1-2H3,(H,30,31,32)(H,33,34,35). The molecule has 0 atom stereocenters. The summed E-state index contributed by atoms with van der Waals surface area (Å²) in [5.41, 5.74) is -2.08. The second kappa shape index (κ2) is 10.9. The molecule has 0 saturated heterocycles. The van der Waals surface area contributed by atoms with Gasteiger partial charge in [-0.3, -0.25) is 33.0 Å². The zero-order chi connectivity index (χ0) is 28.3. The fraction of sp³-hybridized carbons (Fsp3) is 0.286. The third-order valence-electron chi connectivity index (χ3n) is 5.31. The van der Waals surface area contributed by atoms with Crippen LogP contribution in [0.15, 0.2) is 33.7 Å². The number of carbonyl (C=O) groups is 2. The Morgan fingerprint density at radius 3 is 2.11 bits per heavy atom. The van der Waals surface area contributed by atoms with Crippen molar-refractivity contribution in [2.45, 2.75) is 20.4 Å². The third kappa shape index (κ3) is 6.57. The number of pyridine rings is 1. The van der Waals surface area contributed by atoms with Crippen LogP contribution >= 0.6 is 0 Å². The third-order valence-corrected chi connectivity index (χ3v) is 6.71. The van der Waals surface area contributed by atoms with Gasteiger partial charge in [0.05, 0.1) is 18.1 Å². The molecule has 0 saturated carbocycles. The van der Waals surface area contributed by atoms with Crippen molar-refractivity contribution in [3.63, 3.8) is 0 Å². The zero-order valence-corrected chi connectivity index (χ0v) is 21.0. The van der Waals surface area contributed by atoms with Gasteiger partial charge in [0.1, 0.15) is 11.6 Å². The van der Waals surface area contributed by atoms with E-state index < -0.39 is 73.7 Å². The van der Waals surface area contributed by atoms with Gasteiger partial charge in [-0.05, 0) is 31.1 Å². The number of carbonyl (C=O) groups excluding carboxylic acids is 2. The molecule has 2 heterocycles. The number of amides is 2. The lowest BCUT2D eigenvalue weighted by Gasteiger charge is -2.26. The minimum Gasteiger partial charge on any atom is -0.503 e. The molecule has 0 unspecified atom stereocenters. The van der Waals surface area contributed by atoms with Crippen molar-refractivity contribution in [3.05, 3.63) is 61.8 Å². The van der Waals surface area contributed by atoms with Crippen molar-refractivity contribution in [2.75, 3.05) is 18.1 Å². The Kier molecular flexibility index (Phi) is 8.58. The Bertz CT molecular complexity index is 1630. The van der Waals surface area contributed by atoms with Gasteiger partial charge in [-0.15, -0.1) is 0 Å². The lowest BCUT2D eigenvalue weighted by Crippen LogP contribution is -2.44. The molecule has 0 bridgehead atoms. The zero-order valence-electron chi connectivity index (χ0n) is 19.4. The van der Waals surface area contributed by atoms with Gasteiger partial charge in [0, 0.05) is 24.2 Å². The summed E-state index contributed by atoms with van der Waals surface area (Å²) in [6.07, 6.45) is 3.45. The van der Waals surface area contributed by atoms with Crippen LogP contribution in [0.2, 0.25) is 0 Å². The highest BCUT2D eigenvalue weighted by atomic mass is 32.2. The summed E-state index contributed by atoms with van der Waals surface area (Å²) < 4.78 is 62.8. The molecular formula is C21H20N4O10S2. The smallest absolute Gasteiger partial charge is 0.271 e. The first-order valence-electron chi connectivity index (χ1n) is 10.1. The predicted octanol–water partition coefficient (Wildman–Crippen LogP) is 0.337. The maximum Gasteiger partial charge on any atom is 0.271 e.